The van der Waals surface area contributed by atoms with Crippen LogP contribution in [0.15, 0.2) is 29.2 Å². The number of alkyl halides is 5. The summed E-state index contributed by atoms with van der Waals surface area (Å²) < 4.78 is 117. The van der Waals surface area contributed by atoms with Crippen molar-refractivity contribution in [2.24, 2.45) is 10.8 Å². The molecule has 1 aromatic rings. The molecule has 5 atom stereocenters. The van der Waals surface area contributed by atoms with E-state index in [4.69, 9.17) is 4.18 Å². The molecule has 0 heterocycles. The van der Waals surface area contributed by atoms with Gasteiger partial charge in [-0.2, -0.15) is 8.42 Å². The average Bonchev–Trinajstić information content (AvgIpc) is 3.04. The van der Waals surface area contributed by atoms with Crippen LogP contribution in [0.4, 0.5) is 22.0 Å². The van der Waals surface area contributed by atoms with Gasteiger partial charge in [0.05, 0.1) is 16.9 Å². The number of aryl methyl sites for hydroxylation is 1. The van der Waals surface area contributed by atoms with E-state index >= 15 is 22.0 Å². The molecule has 0 saturated heterocycles. The predicted molar refractivity (Wildman–Crippen MR) is 181 cm³/mol. The molecule has 9 heteroatoms. The first-order valence-corrected chi connectivity index (χ1v) is 19.4. The van der Waals surface area contributed by atoms with Crippen LogP contribution in [0.5, 0.6) is 0 Å². The maximum absolute atomic E-state index is 17.2. The topological polar surface area (TPSA) is 43.4 Å². The van der Waals surface area contributed by atoms with Gasteiger partial charge in [-0.1, -0.05) is 117 Å². The Balaban J connectivity index is 3.92. The highest BCUT2D eigenvalue weighted by molar-refractivity contribution is 7.86. The average molecular weight is 683 g/mol. The zero-order valence-electron chi connectivity index (χ0n) is 29.4. The lowest BCUT2D eigenvalue weighted by Crippen LogP contribution is -2.67. The SMILES string of the molecule is CCCCC(F)C(CCCOS(=O)(=O)c1ccc(C)cc1)(C(F)CCCC)C(C(F)CCCC)(C(F)CCCC)C(F)CCCC. The van der Waals surface area contributed by atoms with Gasteiger partial charge in [0.15, 0.2) is 0 Å². The molecule has 0 N–H and O–H groups in total. The highest BCUT2D eigenvalue weighted by atomic mass is 32.2. The Bertz CT molecular complexity index is 986. The van der Waals surface area contributed by atoms with E-state index in [1.165, 1.54) is 12.1 Å². The minimum atomic E-state index is -4.19. The molecule has 1 aromatic carbocycles. The summed E-state index contributed by atoms with van der Waals surface area (Å²) in [6, 6.07) is 6.08. The lowest BCUT2D eigenvalue weighted by Gasteiger charge is -2.58. The van der Waals surface area contributed by atoms with E-state index in [0.29, 0.717) is 64.2 Å². The van der Waals surface area contributed by atoms with Crippen molar-refractivity contribution in [1.82, 2.24) is 0 Å². The molecule has 46 heavy (non-hydrogen) atoms. The summed E-state index contributed by atoms with van der Waals surface area (Å²) in [6.07, 6.45) is -7.45. The summed E-state index contributed by atoms with van der Waals surface area (Å²) in [7, 11) is -4.19. The van der Waals surface area contributed by atoms with Crippen LogP contribution < -0.4 is 0 Å². The molecule has 5 unspecified atom stereocenters. The smallest absolute Gasteiger partial charge is 0.266 e. The second kappa shape index (κ2) is 21.7. The van der Waals surface area contributed by atoms with Crippen LogP contribution in [-0.4, -0.2) is 45.9 Å². The molecule has 1 rings (SSSR count). The third kappa shape index (κ3) is 10.9. The van der Waals surface area contributed by atoms with Crippen LogP contribution in [0.3, 0.4) is 0 Å². The molecule has 0 saturated carbocycles. The van der Waals surface area contributed by atoms with Gasteiger partial charge in [0.1, 0.15) is 30.9 Å². The van der Waals surface area contributed by atoms with E-state index in [2.05, 4.69) is 0 Å². The molecular formula is C37H63F5O3S. The van der Waals surface area contributed by atoms with Gasteiger partial charge in [0, 0.05) is 5.41 Å². The second-order valence-corrected chi connectivity index (χ2v) is 14.8. The summed E-state index contributed by atoms with van der Waals surface area (Å²) >= 11 is 0. The van der Waals surface area contributed by atoms with Crippen molar-refractivity contribution in [3.05, 3.63) is 29.8 Å². The van der Waals surface area contributed by atoms with E-state index in [1.54, 1.807) is 12.1 Å². The number of rotatable bonds is 27. The Kier molecular flexibility index (Phi) is 20.2. The second-order valence-electron chi connectivity index (χ2n) is 13.2. The first kappa shape index (κ1) is 42.8. The third-order valence-electron chi connectivity index (χ3n) is 9.82. The fraction of sp³-hybridized carbons (Fsp3) is 0.838. The highest BCUT2D eigenvalue weighted by Crippen LogP contribution is 2.62. The zero-order valence-corrected chi connectivity index (χ0v) is 30.3. The van der Waals surface area contributed by atoms with Crippen LogP contribution >= 0.6 is 0 Å². The van der Waals surface area contributed by atoms with Crippen molar-refractivity contribution in [2.45, 2.75) is 186 Å². The lowest BCUT2D eigenvalue weighted by molar-refractivity contribution is -0.214. The normalized spacial score (nSPS) is 18.3. The molecule has 0 bridgehead atoms. The molecule has 0 radical (unpaired) electrons. The molecule has 270 valence electrons. The maximum Gasteiger partial charge on any atom is 0.296 e. The fourth-order valence-electron chi connectivity index (χ4n) is 7.19. The van der Waals surface area contributed by atoms with E-state index in [-0.39, 0.29) is 43.4 Å². The van der Waals surface area contributed by atoms with Crippen molar-refractivity contribution < 1.29 is 34.6 Å². The van der Waals surface area contributed by atoms with Crippen molar-refractivity contribution in [2.75, 3.05) is 6.61 Å². The van der Waals surface area contributed by atoms with Gasteiger partial charge >= 0.3 is 0 Å². The van der Waals surface area contributed by atoms with Gasteiger partial charge in [-0.3, -0.25) is 4.18 Å². The molecule has 0 aromatic heterocycles. The van der Waals surface area contributed by atoms with Crippen LogP contribution in [0.2, 0.25) is 0 Å². The molecule has 0 spiro atoms. The number of benzene rings is 1. The summed E-state index contributed by atoms with van der Waals surface area (Å²) in [5.74, 6) is 0. The van der Waals surface area contributed by atoms with Crippen LogP contribution in [0, 0.1) is 17.8 Å². The molecule has 0 amide bonds. The minimum absolute atomic E-state index is 0.0634. The Labute approximate surface area is 278 Å². The monoisotopic (exact) mass is 682 g/mol. The van der Waals surface area contributed by atoms with Gasteiger partial charge < -0.3 is 0 Å². The van der Waals surface area contributed by atoms with Crippen molar-refractivity contribution in [1.29, 1.82) is 0 Å². The summed E-state index contributed by atoms with van der Waals surface area (Å²) in [4.78, 5) is -0.0634. The third-order valence-corrected chi connectivity index (χ3v) is 11.1. The Morgan fingerprint density at radius 3 is 1.28 bits per heavy atom. The maximum atomic E-state index is 17.2. The fourth-order valence-corrected chi connectivity index (χ4v) is 8.13. The summed E-state index contributed by atoms with van der Waals surface area (Å²) in [6.45, 7) is 10.6. The van der Waals surface area contributed by atoms with Gasteiger partial charge in [-0.15, -0.1) is 0 Å². The van der Waals surface area contributed by atoms with E-state index in [1.807, 2.05) is 41.5 Å². The molecular weight excluding hydrogens is 619 g/mol. The van der Waals surface area contributed by atoms with Crippen LogP contribution in [0.1, 0.15) is 149 Å². The minimum Gasteiger partial charge on any atom is -0.266 e. The van der Waals surface area contributed by atoms with E-state index in [0.717, 1.165) is 5.56 Å². The molecule has 3 nitrogen and oxygen atoms in total. The molecule has 0 fully saturated rings. The van der Waals surface area contributed by atoms with Crippen LogP contribution in [-0.2, 0) is 14.3 Å². The lowest BCUT2D eigenvalue weighted by atomic mass is 9.48. The first-order chi connectivity index (χ1) is 21.9. The first-order valence-electron chi connectivity index (χ1n) is 18.0. The quantitative estimate of drug-likeness (QED) is 0.0527. The Hall–Kier alpha value is -1.22. The molecule has 0 aliphatic carbocycles. The molecule has 0 aliphatic heterocycles. The zero-order chi connectivity index (χ0) is 34.8. The van der Waals surface area contributed by atoms with Gasteiger partial charge in [0.25, 0.3) is 10.1 Å². The number of unbranched alkanes of at least 4 members (excludes halogenated alkanes) is 5. The van der Waals surface area contributed by atoms with Crippen molar-refractivity contribution >= 4 is 10.1 Å². The Morgan fingerprint density at radius 2 is 0.935 bits per heavy atom. The predicted octanol–water partition coefficient (Wildman–Crippen LogP) is 12.1. The van der Waals surface area contributed by atoms with Gasteiger partial charge in [-0.05, 0) is 64.0 Å². The highest BCUT2D eigenvalue weighted by Gasteiger charge is 2.70. The molecule has 0 aliphatic rings. The van der Waals surface area contributed by atoms with Gasteiger partial charge in [-0.25, -0.2) is 22.0 Å². The number of hydrogen-bond donors (Lipinski definition) is 0. The van der Waals surface area contributed by atoms with Crippen molar-refractivity contribution in [3.63, 3.8) is 0 Å². The van der Waals surface area contributed by atoms with Gasteiger partial charge in [0.2, 0.25) is 0 Å². The van der Waals surface area contributed by atoms with Crippen LogP contribution in [0.25, 0.3) is 0 Å². The number of halogens is 5. The summed E-state index contributed by atoms with van der Waals surface area (Å²) in [5, 5.41) is 0. The van der Waals surface area contributed by atoms with Crippen molar-refractivity contribution in [3.8, 4) is 0 Å². The van der Waals surface area contributed by atoms with E-state index < -0.39 is 64.8 Å². The largest absolute Gasteiger partial charge is 0.296 e. The number of hydrogen-bond acceptors (Lipinski definition) is 3. The Morgan fingerprint density at radius 1 is 0.587 bits per heavy atom. The summed E-state index contributed by atoms with van der Waals surface area (Å²) in [5.41, 5.74) is -4.08. The van der Waals surface area contributed by atoms with E-state index in [9.17, 15) is 8.42 Å². The standard InChI is InChI=1S/C37H63F5O3S/c1-7-12-18-31(38)36(32(39)19-13-8-2,27-17-28-45-46(43,44)30-25-23-29(6)24-26-30)37(33(40)20-14-9-3,34(41)21-15-10-4)35(42)22-16-11-5/h23-26,31-35H,7-22,27-28H2,1-6H3.